The van der Waals surface area contributed by atoms with Crippen molar-refractivity contribution in [1.82, 2.24) is 10.2 Å². The Bertz CT molecular complexity index is 523. The summed E-state index contributed by atoms with van der Waals surface area (Å²) in [6.07, 6.45) is 3.90. The third-order valence-corrected chi connectivity index (χ3v) is 2.92. The number of anilines is 1. The summed E-state index contributed by atoms with van der Waals surface area (Å²) in [6.45, 7) is 3.01. The van der Waals surface area contributed by atoms with Crippen LogP contribution in [-0.2, 0) is 11.8 Å². The number of rotatable bonds is 2. The van der Waals surface area contributed by atoms with E-state index in [1.807, 2.05) is 41.0 Å². The molecule has 102 valence electrons. The molecule has 0 aliphatic carbocycles. The monoisotopic (exact) mass is 374 g/mol. The van der Waals surface area contributed by atoms with Crippen molar-refractivity contribution < 1.29 is 37.7 Å². The molecule has 1 saturated heterocycles. The Kier molecular flexibility index (Phi) is 4.70. The van der Waals surface area contributed by atoms with E-state index in [0.717, 1.165) is 18.7 Å². The summed E-state index contributed by atoms with van der Waals surface area (Å²) >= 11 is 0. The number of ether oxygens (including phenoxy) is 1. The Labute approximate surface area is 128 Å². The van der Waals surface area contributed by atoms with Crippen molar-refractivity contribution in [2.75, 3.05) is 31.2 Å². The molecule has 0 atom stereocenters. The summed E-state index contributed by atoms with van der Waals surface area (Å²) in [6, 6.07) is 4.48. The van der Waals surface area contributed by atoms with Crippen LogP contribution >= 0.6 is 0 Å². The smallest absolute Gasteiger partial charge is 0.318 e. The van der Waals surface area contributed by atoms with Crippen LogP contribution in [0, 0.1) is 0 Å². The number of hydrogen-bond acceptors (Lipinski definition) is 5. The minimum absolute atomic E-state index is 0. The fourth-order valence-electron chi connectivity index (χ4n) is 1.86. The van der Waals surface area contributed by atoms with Crippen LogP contribution in [0.5, 0.6) is 0 Å². The largest absolute Gasteiger partial charge is 1.00 e. The highest BCUT2D eigenvalue weighted by molar-refractivity contribution is 5.51. The molecule has 1 aliphatic heterocycles. The van der Waals surface area contributed by atoms with E-state index >= 15 is 0 Å². The fourth-order valence-corrected chi connectivity index (χ4v) is 1.86. The minimum atomic E-state index is 0. The number of aryl methyl sites for hydroxylation is 1. The SMILES string of the molecule is C[n+]1ccc(-c2nnc(N3CCOCC3)o2)cc1.[I-]. The van der Waals surface area contributed by atoms with E-state index < -0.39 is 0 Å². The van der Waals surface area contributed by atoms with Gasteiger partial charge in [-0.2, -0.15) is 0 Å². The zero-order chi connectivity index (χ0) is 12.4. The van der Waals surface area contributed by atoms with Crippen LogP contribution in [0.15, 0.2) is 28.9 Å². The van der Waals surface area contributed by atoms with Gasteiger partial charge in [0.1, 0.15) is 7.05 Å². The highest BCUT2D eigenvalue weighted by Crippen LogP contribution is 2.21. The zero-order valence-electron chi connectivity index (χ0n) is 10.6. The van der Waals surface area contributed by atoms with E-state index in [1.54, 1.807) is 0 Å². The summed E-state index contributed by atoms with van der Waals surface area (Å²) in [7, 11) is 1.97. The molecule has 0 aromatic carbocycles. The van der Waals surface area contributed by atoms with Crippen LogP contribution in [0.4, 0.5) is 6.01 Å². The molecule has 3 heterocycles. The number of nitrogens with zero attached hydrogens (tertiary/aromatic N) is 4. The molecule has 0 N–H and O–H groups in total. The quantitative estimate of drug-likeness (QED) is 0.427. The van der Waals surface area contributed by atoms with Crippen molar-refractivity contribution in [3.8, 4) is 11.5 Å². The number of morpholine rings is 1. The van der Waals surface area contributed by atoms with Crippen LogP contribution in [0.3, 0.4) is 0 Å². The topological polar surface area (TPSA) is 55.3 Å². The maximum atomic E-state index is 5.69. The average Bonchev–Trinajstić information content (AvgIpc) is 2.90. The molecule has 7 heteroatoms. The van der Waals surface area contributed by atoms with Gasteiger partial charge in [-0.15, -0.1) is 5.10 Å². The first-order chi connectivity index (χ1) is 8.83. The molecule has 19 heavy (non-hydrogen) atoms. The number of aromatic nitrogens is 3. The molecule has 0 saturated carbocycles. The lowest BCUT2D eigenvalue weighted by Crippen LogP contribution is -3.00. The van der Waals surface area contributed by atoms with Crippen molar-refractivity contribution in [2.24, 2.45) is 7.05 Å². The van der Waals surface area contributed by atoms with Gasteiger partial charge in [-0.3, -0.25) is 0 Å². The summed E-state index contributed by atoms with van der Waals surface area (Å²) in [5.41, 5.74) is 0.931. The van der Waals surface area contributed by atoms with Gasteiger partial charge in [-0.25, -0.2) is 4.57 Å². The van der Waals surface area contributed by atoms with Gasteiger partial charge in [0.25, 0.3) is 0 Å². The second-order valence-electron chi connectivity index (χ2n) is 4.24. The molecule has 0 amide bonds. The molecular weight excluding hydrogens is 359 g/mol. The van der Waals surface area contributed by atoms with Gasteiger partial charge in [0.05, 0.1) is 18.8 Å². The van der Waals surface area contributed by atoms with Crippen LogP contribution < -0.4 is 33.4 Å². The maximum absolute atomic E-state index is 5.69. The fraction of sp³-hybridized carbons (Fsp3) is 0.417. The van der Waals surface area contributed by atoms with Crippen molar-refractivity contribution in [2.45, 2.75) is 0 Å². The van der Waals surface area contributed by atoms with Crippen molar-refractivity contribution in [1.29, 1.82) is 0 Å². The Morgan fingerprint density at radius 1 is 1.16 bits per heavy atom. The standard InChI is InChI=1S/C12H15N4O2.HI/c1-15-4-2-10(3-5-15)11-13-14-12(18-11)16-6-8-17-9-7-16;/h2-5H,6-9H2,1H3;1H/q+1;/p-1. The Hall–Kier alpha value is -1.22. The first-order valence-corrected chi connectivity index (χ1v) is 5.95. The summed E-state index contributed by atoms with van der Waals surface area (Å²) in [4.78, 5) is 2.04. The summed E-state index contributed by atoms with van der Waals surface area (Å²) < 4.78 is 12.9. The number of hydrogen-bond donors (Lipinski definition) is 0. The van der Waals surface area contributed by atoms with E-state index in [1.165, 1.54) is 0 Å². The molecule has 1 fully saturated rings. The van der Waals surface area contributed by atoms with Gasteiger partial charge in [0.2, 0.25) is 5.89 Å². The van der Waals surface area contributed by atoms with Crippen molar-refractivity contribution in [3.05, 3.63) is 24.5 Å². The lowest BCUT2D eigenvalue weighted by molar-refractivity contribution is -0.671. The Morgan fingerprint density at radius 2 is 1.84 bits per heavy atom. The molecule has 0 spiro atoms. The van der Waals surface area contributed by atoms with Crippen molar-refractivity contribution in [3.63, 3.8) is 0 Å². The van der Waals surface area contributed by atoms with Gasteiger partial charge in [0.15, 0.2) is 12.4 Å². The zero-order valence-corrected chi connectivity index (χ0v) is 12.8. The van der Waals surface area contributed by atoms with Gasteiger partial charge in [-0.05, 0) is 0 Å². The Balaban J connectivity index is 0.00000133. The predicted molar refractivity (Wildman–Crippen MR) is 63.9 cm³/mol. The van der Waals surface area contributed by atoms with Crippen LogP contribution in [0.25, 0.3) is 11.5 Å². The minimum Gasteiger partial charge on any atom is -1.00 e. The second-order valence-corrected chi connectivity index (χ2v) is 4.24. The van der Waals surface area contributed by atoms with Gasteiger partial charge >= 0.3 is 6.01 Å². The van der Waals surface area contributed by atoms with Gasteiger partial charge < -0.3 is 38.0 Å². The molecule has 0 bridgehead atoms. The highest BCUT2D eigenvalue weighted by Gasteiger charge is 2.18. The summed E-state index contributed by atoms with van der Waals surface area (Å²) in [5.74, 6) is 0.553. The molecule has 6 nitrogen and oxygen atoms in total. The molecule has 0 unspecified atom stereocenters. The van der Waals surface area contributed by atoms with Crippen LogP contribution in [0.1, 0.15) is 0 Å². The number of pyridine rings is 1. The third-order valence-electron chi connectivity index (χ3n) is 2.92. The normalized spacial score (nSPS) is 15.1. The van der Waals surface area contributed by atoms with E-state index in [0.29, 0.717) is 25.1 Å². The van der Waals surface area contributed by atoms with Crippen LogP contribution in [0.2, 0.25) is 0 Å². The first-order valence-electron chi connectivity index (χ1n) is 5.95. The Morgan fingerprint density at radius 3 is 2.53 bits per heavy atom. The molecule has 2 aromatic rings. The van der Waals surface area contributed by atoms with Gasteiger partial charge in [-0.1, -0.05) is 5.10 Å². The van der Waals surface area contributed by atoms with E-state index in [-0.39, 0.29) is 24.0 Å². The molecule has 0 radical (unpaired) electrons. The average molecular weight is 374 g/mol. The predicted octanol–water partition coefficient (Wildman–Crippen LogP) is -2.60. The third kappa shape index (κ3) is 3.21. The molecule has 3 rings (SSSR count). The molecular formula is C12H15IN4O2. The lowest BCUT2D eigenvalue weighted by Gasteiger charge is -2.24. The van der Waals surface area contributed by atoms with E-state index in [2.05, 4.69) is 10.2 Å². The summed E-state index contributed by atoms with van der Waals surface area (Å²) in [5, 5.41) is 8.17. The highest BCUT2D eigenvalue weighted by atomic mass is 127. The lowest BCUT2D eigenvalue weighted by atomic mass is 10.3. The van der Waals surface area contributed by atoms with E-state index in [4.69, 9.17) is 9.15 Å². The van der Waals surface area contributed by atoms with Crippen molar-refractivity contribution >= 4 is 6.01 Å². The molecule has 1 aliphatic rings. The van der Waals surface area contributed by atoms with E-state index in [9.17, 15) is 0 Å². The second kappa shape index (κ2) is 6.29. The molecule has 2 aromatic heterocycles. The first kappa shape index (κ1) is 14.2. The van der Waals surface area contributed by atoms with Crippen LogP contribution in [-0.4, -0.2) is 36.5 Å². The number of halogens is 1. The maximum Gasteiger partial charge on any atom is 0.318 e. The van der Waals surface area contributed by atoms with Gasteiger partial charge in [0, 0.05) is 25.2 Å².